The maximum Gasteiger partial charge on any atom is 0.220 e. The zero-order valence-electron chi connectivity index (χ0n) is 17.2. The summed E-state index contributed by atoms with van der Waals surface area (Å²) in [7, 11) is 2.15. The minimum absolute atomic E-state index is 0.284. The Balaban J connectivity index is 1.98. The van der Waals surface area contributed by atoms with Crippen LogP contribution in [0.5, 0.6) is 0 Å². The van der Waals surface area contributed by atoms with Gasteiger partial charge >= 0.3 is 0 Å². The van der Waals surface area contributed by atoms with E-state index in [1.54, 1.807) is 6.26 Å². The Morgan fingerprint density at radius 3 is 2.44 bits per heavy atom. The van der Waals surface area contributed by atoms with Gasteiger partial charge in [-0.05, 0) is 59.5 Å². The Kier molecular flexibility index (Phi) is 4.10. The lowest BCUT2D eigenvalue weighted by molar-refractivity contribution is -0.665. The number of furan rings is 1. The second kappa shape index (κ2) is 6.23. The Bertz CT molecular complexity index is 1160. The number of rotatable bonds is 2. The first-order chi connectivity index (χ1) is 12.7. The molecule has 2 aromatic carbocycles. The Hall–Kier alpha value is -2.61. The number of hydrogen-bond donors (Lipinski definition) is 0. The molecule has 2 heteroatoms. The van der Waals surface area contributed by atoms with Gasteiger partial charge in [0.25, 0.3) is 0 Å². The average molecular weight is 359 g/mol. The fraction of sp³-hybridized carbons (Fsp3) is 0.320. The molecule has 0 fully saturated rings. The molecule has 4 rings (SSSR count). The van der Waals surface area contributed by atoms with Crippen LogP contribution in [-0.4, -0.2) is 0 Å². The molecular weight excluding hydrogens is 330 g/mol. The highest BCUT2D eigenvalue weighted by Gasteiger charge is 2.21. The minimum Gasteiger partial charge on any atom is -0.464 e. The second-order valence-corrected chi connectivity index (χ2v) is 8.98. The van der Waals surface area contributed by atoms with Gasteiger partial charge in [-0.15, -0.1) is 0 Å². The van der Waals surface area contributed by atoms with Crippen molar-refractivity contribution in [3.05, 3.63) is 65.5 Å². The highest BCUT2D eigenvalue weighted by atomic mass is 16.3. The zero-order valence-corrected chi connectivity index (χ0v) is 17.2. The van der Waals surface area contributed by atoms with Gasteiger partial charge in [0, 0.05) is 18.4 Å². The molecule has 2 nitrogen and oxygen atoms in total. The number of fused-ring (bicyclic) bond motifs is 2. The highest BCUT2D eigenvalue weighted by Crippen LogP contribution is 2.33. The minimum atomic E-state index is 0.284. The third kappa shape index (κ3) is 3.25. The van der Waals surface area contributed by atoms with Crippen molar-refractivity contribution in [3.8, 4) is 11.3 Å². The van der Waals surface area contributed by atoms with Crippen LogP contribution >= 0.6 is 0 Å². The topological polar surface area (TPSA) is 17.0 Å². The van der Waals surface area contributed by atoms with Gasteiger partial charge in [-0.2, -0.15) is 4.57 Å². The van der Waals surface area contributed by atoms with Crippen molar-refractivity contribution in [2.24, 2.45) is 12.5 Å². The summed E-state index contributed by atoms with van der Waals surface area (Å²) in [4.78, 5) is 0. The van der Waals surface area contributed by atoms with E-state index in [4.69, 9.17) is 4.42 Å². The monoisotopic (exact) mass is 358 g/mol. The highest BCUT2D eigenvalue weighted by molar-refractivity contribution is 5.96. The van der Waals surface area contributed by atoms with Gasteiger partial charge < -0.3 is 4.42 Å². The van der Waals surface area contributed by atoms with Gasteiger partial charge in [-0.1, -0.05) is 32.9 Å². The van der Waals surface area contributed by atoms with Gasteiger partial charge in [-0.3, -0.25) is 0 Å². The second-order valence-electron chi connectivity index (χ2n) is 8.98. The fourth-order valence-corrected chi connectivity index (χ4v) is 4.05. The molecule has 2 heterocycles. The van der Waals surface area contributed by atoms with Crippen LogP contribution in [0.4, 0.5) is 0 Å². The van der Waals surface area contributed by atoms with E-state index < -0.39 is 0 Å². The normalized spacial score (nSPS) is 12.2. The molecule has 0 saturated heterocycles. The third-order valence-corrected chi connectivity index (χ3v) is 5.39. The molecule has 27 heavy (non-hydrogen) atoms. The van der Waals surface area contributed by atoms with Crippen LogP contribution in [0.3, 0.4) is 0 Å². The molecule has 0 spiro atoms. The van der Waals surface area contributed by atoms with Gasteiger partial charge in [-0.25, -0.2) is 0 Å². The molecule has 0 aliphatic heterocycles. The van der Waals surface area contributed by atoms with Crippen LogP contribution in [0.15, 0.2) is 53.1 Å². The van der Waals surface area contributed by atoms with Gasteiger partial charge in [0.1, 0.15) is 12.6 Å². The lowest BCUT2D eigenvalue weighted by atomic mass is 9.87. The fourth-order valence-electron chi connectivity index (χ4n) is 4.05. The van der Waals surface area contributed by atoms with Crippen LogP contribution < -0.4 is 4.57 Å². The van der Waals surface area contributed by atoms with Crippen molar-refractivity contribution in [2.75, 3.05) is 0 Å². The predicted octanol–water partition coefficient (Wildman–Crippen LogP) is 6.28. The van der Waals surface area contributed by atoms with E-state index in [9.17, 15) is 0 Å². The Labute approximate surface area is 161 Å². The molecule has 0 saturated carbocycles. The molecule has 0 aliphatic carbocycles. The van der Waals surface area contributed by atoms with Crippen LogP contribution in [0, 0.1) is 19.3 Å². The van der Waals surface area contributed by atoms with E-state index in [1.807, 2.05) is 6.07 Å². The number of benzene rings is 2. The Morgan fingerprint density at radius 2 is 1.70 bits per heavy atom. The van der Waals surface area contributed by atoms with Gasteiger partial charge in [0.2, 0.25) is 5.69 Å². The van der Waals surface area contributed by atoms with Crippen molar-refractivity contribution in [1.82, 2.24) is 0 Å². The van der Waals surface area contributed by atoms with E-state index in [0.29, 0.717) is 0 Å². The number of aryl methyl sites for hydroxylation is 2. The maximum absolute atomic E-state index is 5.68. The number of nitrogens with zero attached hydrogens (tertiary/aromatic N) is 1. The summed E-state index contributed by atoms with van der Waals surface area (Å²) in [6, 6.07) is 15.7. The predicted molar refractivity (Wildman–Crippen MR) is 113 cm³/mol. The summed E-state index contributed by atoms with van der Waals surface area (Å²) in [6.07, 6.45) is 2.84. The molecule has 0 amide bonds. The van der Waals surface area contributed by atoms with Crippen molar-refractivity contribution in [3.63, 3.8) is 0 Å². The van der Waals surface area contributed by atoms with Crippen LogP contribution in [-0.2, 0) is 13.5 Å². The number of pyridine rings is 1. The van der Waals surface area contributed by atoms with E-state index in [-0.39, 0.29) is 5.41 Å². The number of hydrogen-bond acceptors (Lipinski definition) is 1. The quantitative estimate of drug-likeness (QED) is 0.385. The summed E-state index contributed by atoms with van der Waals surface area (Å²) >= 11 is 0. The molecule has 2 aromatic heterocycles. The van der Waals surface area contributed by atoms with Crippen molar-refractivity contribution < 1.29 is 8.98 Å². The first-order valence-corrected chi connectivity index (χ1v) is 9.63. The van der Waals surface area contributed by atoms with Gasteiger partial charge in [0.05, 0.1) is 17.2 Å². The molecule has 0 unspecified atom stereocenters. The lowest BCUT2D eigenvalue weighted by Gasteiger charge is -2.18. The van der Waals surface area contributed by atoms with E-state index in [2.05, 4.69) is 82.6 Å². The van der Waals surface area contributed by atoms with Crippen LogP contribution in [0.2, 0.25) is 0 Å². The first-order valence-electron chi connectivity index (χ1n) is 9.63. The molecule has 4 aromatic rings. The molecule has 0 bridgehead atoms. The van der Waals surface area contributed by atoms with E-state index in [0.717, 1.165) is 17.4 Å². The molecule has 0 radical (unpaired) electrons. The molecule has 0 aliphatic rings. The summed E-state index contributed by atoms with van der Waals surface area (Å²) in [5, 5.41) is 3.75. The maximum atomic E-state index is 5.68. The first kappa shape index (κ1) is 17.8. The SMILES string of the molecule is Cc1cc2ccoc2cc1-c1c2ccc(CC(C)(C)C)cc2cc(C)[n+]1C. The molecule has 0 N–H and O–H groups in total. The summed E-state index contributed by atoms with van der Waals surface area (Å²) < 4.78 is 7.98. The zero-order chi connectivity index (χ0) is 19.3. The van der Waals surface area contributed by atoms with Crippen molar-refractivity contribution >= 4 is 21.7 Å². The average Bonchev–Trinajstić information content (AvgIpc) is 3.01. The standard InChI is InChI=1S/C25H28NO/c1-16-11-19-9-10-27-23(19)14-22(16)24-21-8-7-18(15-25(3,4)5)13-20(21)12-17(2)26(24)6/h7-14H,15H2,1-6H3/q+1. The molecular formula is C25H28NO+. The summed E-state index contributed by atoms with van der Waals surface area (Å²) in [5.41, 5.74) is 7.63. The van der Waals surface area contributed by atoms with E-state index in [1.165, 1.54) is 38.9 Å². The van der Waals surface area contributed by atoms with Crippen molar-refractivity contribution in [1.29, 1.82) is 0 Å². The van der Waals surface area contributed by atoms with Gasteiger partial charge in [0.15, 0.2) is 5.69 Å². The third-order valence-electron chi connectivity index (χ3n) is 5.39. The summed E-state index contributed by atoms with van der Waals surface area (Å²) in [5.74, 6) is 0. The molecule has 138 valence electrons. The van der Waals surface area contributed by atoms with Crippen LogP contribution in [0.1, 0.15) is 37.6 Å². The van der Waals surface area contributed by atoms with Crippen LogP contribution in [0.25, 0.3) is 33.0 Å². The van der Waals surface area contributed by atoms with E-state index >= 15 is 0 Å². The molecule has 0 atom stereocenters. The lowest BCUT2D eigenvalue weighted by Crippen LogP contribution is -2.35. The van der Waals surface area contributed by atoms with Crippen molar-refractivity contribution in [2.45, 2.75) is 41.0 Å². The number of aromatic nitrogens is 1. The summed E-state index contributed by atoms with van der Waals surface area (Å²) in [6.45, 7) is 11.2. The smallest absolute Gasteiger partial charge is 0.220 e. The largest absolute Gasteiger partial charge is 0.464 e. The Morgan fingerprint density at radius 1 is 0.926 bits per heavy atom.